The molecule has 4 nitrogen and oxygen atoms in total. The summed E-state index contributed by atoms with van der Waals surface area (Å²) in [5.74, 6) is -0.156. The van der Waals surface area contributed by atoms with Crippen molar-refractivity contribution in [3.05, 3.63) is 28.5 Å². The number of carbonyl (C=O) groups is 1. The monoisotopic (exact) mass is 257 g/mol. The lowest BCUT2D eigenvalue weighted by Crippen LogP contribution is -2.35. The Morgan fingerprint density at radius 1 is 1.71 bits per heavy atom. The zero-order valence-electron chi connectivity index (χ0n) is 7.83. The quantitative estimate of drug-likeness (QED) is 0.847. The topological polar surface area (TPSA) is 68.0 Å². The first-order valence-electron chi connectivity index (χ1n) is 4.24. The fourth-order valence-electron chi connectivity index (χ4n) is 0.892. The van der Waals surface area contributed by atoms with Crippen molar-refractivity contribution in [3.8, 4) is 0 Å². The smallest absolute Gasteiger partial charge is 0.252 e. The fraction of sp³-hybridized carbons (Fsp3) is 0.333. The molecule has 0 aromatic carbocycles. The summed E-state index contributed by atoms with van der Waals surface area (Å²) >= 11 is 3.24. The third-order valence-corrected chi connectivity index (χ3v) is 1.99. The highest BCUT2D eigenvalue weighted by Gasteiger charge is 2.06. The summed E-state index contributed by atoms with van der Waals surface area (Å²) in [6.07, 6.45) is 3.14. The van der Waals surface area contributed by atoms with Crippen LogP contribution in [0.15, 0.2) is 22.9 Å². The molecule has 76 valence electrons. The Morgan fingerprint density at radius 2 is 2.43 bits per heavy atom. The Kier molecular flexibility index (Phi) is 4.03. The van der Waals surface area contributed by atoms with Crippen LogP contribution in [0.25, 0.3) is 0 Å². The molecule has 0 aliphatic carbocycles. The molecule has 0 saturated carbocycles. The van der Waals surface area contributed by atoms with Gasteiger partial charge < -0.3 is 11.1 Å². The first-order chi connectivity index (χ1) is 6.59. The maximum Gasteiger partial charge on any atom is 0.252 e. The summed E-state index contributed by atoms with van der Waals surface area (Å²) in [7, 11) is 0. The molecule has 1 atom stereocenters. The van der Waals surface area contributed by atoms with E-state index in [4.69, 9.17) is 5.73 Å². The molecule has 1 amide bonds. The first kappa shape index (κ1) is 11.1. The Balaban J connectivity index is 2.61. The molecule has 1 aromatic rings. The van der Waals surface area contributed by atoms with Gasteiger partial charge in [-0.05, 0) is 28.9 Å². The molecular weight excluding hydrogens is 246 g/mol. The summed E-state index contributed by atoms with van der Waals surface area (Å²) in [6, 6.07) is 1.67. The highest BCUT2D eigenvalue weighted by molar-refractivity contribution is 9.10. The van der Waals surface area contributed by atoms with Gasteiger partial charge in [0.05, 0.1) is 5.56 Å². The van der Waals surface area contributed by atoms with Gasteiger partial charge in [0.25, 0.3) is 5.91 Å². The molecule has 0 aliphatic heterocycles. The summed E-state index contributed by atoms with van der Waals surface area (Å²) in [5, 5.41) is 2.70. The molecule has 0 fully saturated rings. The van der Waals surface area contributed by atoms with E-state index in [1.807, 2.05) is 6.92 Å². The first-order valence-corrected chi connectivity index (χ1v) is 5.03. The number of nitrogens with one attached hydrogen (secondary N) is 1. The zero-order chi connectivity index (χ0) is 10.6. The van der Waals surface area contributed by atoms with Crippen molar-refractivity contribution in [2.45, 2.75) is 13.0 Å². The molecule has 5 heteroatoms. The molecule has 3 N–H and O–H groups in total. The van der Waals surface area contributed by atoms with E-state index in [0.717, 1.165) is 4.47 Å². The molecule has 0 aliphatic rings. The van der Waals surface area contributed by atoms with E-state index in [0.29, 0.717) is 12.1 Å². The predicted molar refractivity (Wildman–Crippen MR) is 57.9 cm³/mol. The van der Waals surface area contributed by atoms with Crippen LogP contribution in [0.4, 0.5) is 0 Å². The van der Waals surface area contributed by atoms with Gasteiger partial charge in [-0.15, -0.1) is 0 Å². The molecule has 0 bridgehead atoms. The Morgan fingerprint density at radius 3 is 3.00 bits per heavy atom. The van der Waals surface area contributed by atoms with Crippen LogP contribution < -0.4 is 11.1 Å². The van der Waals surface area contributed by atoms with Crippen LogP contribution in [0.2, 0.25) is 0 Å². The number of hydrogen-bond acceptors (Lipinski definition) is 3. The van der Waals surface area contributed by atoms with E-state index in [9.17, 15) is 4.79 Å². The fourth-order valence-corrected chi connectivity index (χ4v) is 1.26. The van der Waals surface area contributed by atoms with E-state index < -0.39 is 0 Å². The lowest BCUT2D eigenvalue weighted by Gasteiger charge is -2.07. The molecule has 1 unspecified atom stereocenters. The predicted octanol–water partition coefficient (Wildman–Crippen LogP) is 0.921. The van der Waals surface area contributed by atoms with Crippen molar-refractivity contribution in [3.63, 3.8) is 0 Å². The summed E-state index contributed by atoms with van der Waals surface area (Å²) in [6.45, 7) is 2.30. The number of amides is 1. The zero-order valence-corrected chi connectivity index (χ0v) is 9.41. The van der Waals surface area contributed by atoms with E-state index in [2.05, 4.69) is 26.2 Å². The van der Waals surface area contributed by atoms with Crippen molar-refractivity contribution in [2.24, 2.45) is 5.73 Å². The minimum atomic E-state index is -0.156. The minimum absolute atomic E-state index is 0.0425. The maximum absolute atomic E-state index is 11.5. The summed E-state index contributed by atoms with van der Waals surface area (Å²) < 4.78 is 0.783. The number of nitrogens with two attached hydrogens (primary N) is 1. The molecule has 1 aromatic heterocycles. The van der Waals surface area contributed by atoms with Crippen molar-refractivity contribution in [1.29, 1.82) is 0 Å². The van der Waals surface area contributed by atoms with Crippen molar-refractivity contribution in [1.82, 2.24) is 10.3 Å². The second-order valence-corrected chi connectivity index (χ2v) is 3.99. The van der Waals surface area contributed by atoms with Gasteiger partial charge in [-0.25, -0.2) is 0 Å². The number of carbonyl (C=O) groups excluding carboxylic acids is 1. The van der Waals surface area contributed by atoms with Gasteiger partial charge in [0.1, 0.15) is 0 Å². The number of nitrogens with zero attached hydrogens (tertiary/aromatic N) is 1. The minimum Gasteiger partial charge on any atom is -0.350 e. The van der Waals surface area contributed by atoms with Crippen molar-refractivity contribution in [2.75, 3.05) is 6.54 Å². The lowest BCUT2D eigenvalue weighted by molar-refractivity contribution is 0.0951. The molecular formula is C9H12BrN3O. The number of halogens is 1. The number of pyridine rings is 1. The average molecular weight is 258 g/mol. The highest BCUT2D eigenvalue weighted by atomic mass is 79.9. The van der Waals surface area contributed by atoms with Crippen LogP contribution in [-0.2, 0) is 0 Å². The van der Waals surface area contributed by atoms with Gasteiger partial charge in [0.15, 0.2) is 0 Å². The van der Waals surface area contributed by atoms with Crippen molar-refractivity contribution < 1.29 is 4.79 Å². The Labute approximate surface area is 91.0 Å². The molecule has 0 radical (unpaired) electrons. The highest BCUT2D eigenvalue weighted by Crippen LogP contribution is 2.09. The average Bonchev–Trinajstić information content (AvgIpc) is 2.14. The third kappa shape index (κ3) is 3.43. The van der Waals surface area contributed by atoms with Crippen LogP contribution in [0.3, 0.4) is 0 Å². The molecule has 1 heterocycles. The molecule has 0 saturated heterocycles. The SMILES string of the molecule is CC(N)CNC(=O)c1cncc(Br)c1. The maximum atomic E-state index is 11.5. The van der Waals surface area contributed by atoms with Crippen LogP contribution in [0.1, 0.15) is 17.3 Å². The number of aromatic nitrogens is 1. The Hall–Kier alpha value is -0.940. The van der Waals surface area contributed by atoms with Crippen LogP contribution in [0.5, 0.6) is 0 Å². The number of hydrogen-bond donors (Lipinski definition) is 2. The van der Waals surface area contributed by atoms with Gasteiger partial charge >= 0.3 is 0 Å². The second-order valence-electron chi connectivity index (χ2n) is 3.08. The van der Waals surface area contributed by atoms with Crippen molar-refractivity contribution >= 4 is 21.8 Å². The summed E-state index contributed by atoms with van der Waals surface area (Å²) in [4.78, 5) is 15.4. The normalized spacial score (nSPS) is 12.2. The van der Waals surface area contributed by atoms with Gasteiger partial charge in [0, 0.05) is 29.5 Å². The van der Waals surface area contributed by atoms with E-state index in [1.165, 1.54) is 6.20 Å². The largest absolute Gasteiger partial charge is 0.350 e. The van der Waals surface area contributed by atoms with Crippen LogP contribution in [-0.4, -0.2) is 23.5 Å². The third-order valence-electron chi connectivity index (χ3n) is 1.55. The van der Waals surface area contributed by atoms with Gasteiger partial charge in [-0.1, -0.05) is 0 Å². The van der Waals surface area contributed by atoms with E-state index in [1.54, 1.807) is 12.3 Å². The van der Waals surface area contributed by atoms with E-state index >= 15 is 0 Å². The van der Waals surface area contributed by atoms with Crippen LogP contribution in [0, 0.1) is 0 Å². The number of rotatable bonds is 3. The van der Waals surface area contributed by atoms with Gasteiger partial charge in [-0.3, -0.25) is 9.78 Å². The second kappa shape index (κ2) is 5.07. The molecule has 14 heavy (non-hydrogen) atoms. The van der Waals surface area contributed by atoms with Crippen LogP contribution >= 0.6 is 15.9 Å². The summed E-state index contributed by atoms with van der Waals surface area (Å²) in [5.41, 5.74) is 6.04. The van der Waals surface area contributed by atoms with Gasteiger partial charge in [0.2, 0.25) is 0 Å². The molecule has 0 spiro atoms. The lowest BCUT2D eigenvalue weighted by atomic mass is 10.2. The molecule has 1 rings (SSSR count). The Bertz CT molecular complexity index is 328. The van der Waals surface area contributed by atoms with E-state index in [-0.39, 0.29) is 11.9 Å². The van der Waals surface area contributed by atoms with Gasteiger partial charge in [-0.2, -0.15) is 0 Å². The standard InChI is InChI=1S/C9H12BrN3O/c1-6(11)3-13-9(14)7-2-8(10)5-12-4-7/h2,4-6H,3,11H2,1H3,(H,13,14).